The fourth-order valence-corrected chi connectivity index (χ4v) is 1.42. The molecule has 0 aromatic heterocycles. The third-order valence-corrected chi connectivity index (χ3v) is 2.24. The van der Waals surface area contributed by atoms with Gasteiger partial charge in [-0.05, 0) is 24.3 Å². The third kappa shape index (κ3) is 3.88. The van der Waals surface area contributed by atoms with E-state index in [0.29, 0.717) is 0 Å². The third-order valence-electron chi connectivity index (χ3n) is 1.58. The largest absolute Gasteiger partial charge is 0.497 e. The molecule has 14 heavy (non-hydrogen) atoms. The van der Waals surface area contributed by atoms with Gasteiger partial charge in [-0.3, -0.25) is 4.31 Å². The predicted octanol–water partition coefficient (Wildman–Crippen LogP) is 2.98. The van der Waals surface area contributed by atoms with Gasteiger partial charge < -0.3 is 4.74 Å². The molecule has 0 unspecified atom stereocenters. The Morgan fingerprint density at radius 3 is 2.29 bits per heavy atom. The van der Waals surface area contributed by atoms with Crippen LogP contribution in [0.2, 0.25) is 0 Å². The average Bonchev–Trinajstić information content (AvgIpc) is 2.18. The van der Waals surface area contributed by atoms with Gasteiger partial charge in [-0.2, -0.15) is 17.2 Å². The van der Waals surface area contributed by atoms with E-state index < -0.39 is 0 Å². The summed E-state index contributed by atoms with van der Waals surface area (Å²) in [5.74, 6) is 0.828. The number of nitrogens with zero attached hydrogens (tertiary/aromatic N) is 1. The summed E-state index contributed by atoms with van der Waals surface area (Å²) >= 11 is 6.16. The first-order valence-electron chi connectivity index (χ1n) is 3.61. The molecular weight excluding hydrogens is 242 g/mol. The highest BCUT2D eigenvalue weighted by molar-refractivity contribution is 7.96. The molecule has 0 atom stereocenters. The Morgan fingerprint density at radius 2 is 1.86 bits per heavy atom. The quantitative estimate of drug-likeness (QED) is 0.608. The molecule has 80 valence electrons. The number of rotatable bonds is 4. The first-order valence-corrected chi connectivity index (χ1v) is 4.62. The fourth-order valence-electron chi connectivity index (χ4n) is 0.877. The van der Waals surface area contributed by atoms with Crippen molar-refractivity contribution in [1.29, 1.82) is 0 Å². The van der Waals surface area contributed by atoms with E-state index in [4.69, 9.17) is 16.6 Å². The summed E-state index contributed by atoms with van der Waals surface area (Å²) in [7, 11) is 3.49. The van der Waals surface area contributed by atoms with Crippen molar-refractivity contribution < 1.29 is 8.47 Å². The Hall–Kier alpha value is -0.230. The van der Waals surface area contributed by atoms with Crippen LogP contribution in [0, 0.1) is 0 Å². The lowest BCUT2D eigenvalue weighted by molar-refractivity contribution is 0.415. The number of halogens is 1. The standard InChI is InChI=1S/C8H10ClNO2S.H2S/c1-10(13-12-9)7-3-5-8(11-2)6-4-7;/h3-6H,1-2H3;1H2. The monoisotopic (exact) mass is 253 g/mol. The van der Waals surface area contributed by atoms with Crippen LogP contribution in [0.1, 0.15) is 0 Å². The highest BCUT2D eigenvalue weighted by Crippen LogP contribution is 2.24. The molecule has 0 amide bonds. The van der Waals surface area contributed by atoms with E-state index in [1.807, 2.05) is 31.3 Å². The van der Waals surface area contributed by atoms with Crippen LogP contribution in [0.4, 0.5) is 5.69 Å². The molecular formula is C8H12ClNO2S2. The van der Waals surface area contributed by atoms with E-state index in [1.165, 1.54) is 0 Å². The number of hydrogen-bond acceptors (Lipinski definition) is 4. The molecule has 1 aromatic rings. The number of ether oxygens (including phenoxy) is 1. The van der Waals surface area contributed by atoms with Crippen molar-refractivity contribution in [3.05, 3.63) is 24.3 Å². The maximum absolute atomic E-state index is 5.10. The van der Waals surface area contributed by atoms with Crippen molar-refractivity contribution in [3.8, 4) is 5.75 Å². The average molecular weight is 254 g/mol. The van der Waals surface area contributed by atoms with E-state index in [0.717, 1.165) is 23.7 Å². The molecule has 1 rings (SSSR count). The minimum Gasteiger partial charge on any atom is -0.497 e. The Labute approximate surface area is 100 Å². The van der Waals surface area contributed by atoms with Crippen molar-refractivity contribution >= 4 is 43.3 Å². The van der Waals surface area contributed by atoms with Crippen LogP contribution >= 0.6 is 37.6 Å². The highest BCUT2D eigenvalue weighted by Gasteiger charge is 2.01. The zero-order valence-electron chi connectivity index (χ0n) is 7.86. The SMILES string of the molecule is COc1ccc(N(C)SOCl)cc1.S. The number of anilines is 1. The summed E-state index contributed by atoms with van der Waals surface area (Å²) in [5, 5.41) is 0. The smallest absolute Gasteiger partial charge is 0.135 e. The molecule has 3 nitrogen and oxygen atoms in total. The first kappa shape index (κ1) is 13.8. The minimum absolute atomic E-state index is 0. The topological polar surface area (TPSA) is 21.7 Å². The summed E-state index contributed by atoms with van der Waals surface area (Å²) in [5.41, 5.74) is 0.992. The second-order valence-electron chi connectivity index (χ2n) is 2.33. The van der Waals surface area contributed by atoms with E-state index in [2.05, 4.69) is 3.74 Å². The van der Waals surface area contributed by atoms with Crippen LogP contribution in [0.25, 0.3) is 0 Å². The van der Waals surface area contributed by atoms with Gasteiger partial charge in [0.15, 0.2) is 0 Å². The lowest BCUT2D eigenvalue weighted by atomic mass is 10.3. The Bertz CT molecular complexity index is 258. The lowest BCUT2D eigenvalue weighted by Gasteiger charge is -2.14. The van der Waals surface area contributed by atoms with E-state index in [9.17, 15) is 0 Å². The summed E-state index contributed by atoms with van der Waals surface area (Å²) in [4.78, 5) is 0. The van der Waals surface area contributed by atoms with Crippen LogP contribution in [-0.4, -0.2) is 14.2 Å². The molecule has 0 aliphatic carbocycles. The summed E-state index contributed by atoms with van der Waals surface area (Å²) in [6.07, 6.45) is 0. The molecule has 0 N–H and O–H groups in total. The molecule has 0 aliphatic rings. The zero-order valence-corrected chi connectivity index (χ0v) is 10.4. The zero-order chi connectivity index (χ0) is 9.68. The molecule has 0 fully saturated rings. The van der Waals surface area contributed by atoms with Crippen LogP contribution in [0.15, 0.2) is 24.3 Å². The highest BCUT2D eigenvalue weighted by atomic mass is 35.5. The van der Waals surface area contributed by atoms with E-state index in [1.54, 1.807) is 11.4 Å². The van der Waals surface area contributed by atoms with Crippen molar-refractivity contribution in [1.82, 2.24) is 0 Å². The van der Waals surface area contributed by atoms with Crippen LogP contribution < -0.4 is 9.04 Å². The van der Waals surface area contributed by atoms with Gasteiger partial charge in [-0.15, -0.1) is 0 Å². The van der Waals surface area contributed by atoms with E-state index in [-0.39, 0.29) is 13.5 Å². The fraction of sp³-hybridized carbons (Fsp3) is 0.250. The van der Waals surface area contributed by atoms with Gasteiger partial charge in [0.25, 0.3) is 0 Å². The van der Waals surface area contributed by atoms with Crippen molar-refractivity contribution in [2.24, 2.45) is 0 Å². The van der Waals surface area contributed by atoms with E-state index >= 15 is 0 Å². The Morgan fingerprint density at radius 1 is 1.29 bits per heavy atom. The molecule has 0 saturated heterocycles. The van der Waals surface area contributed by atoms with Gasteiger partial charge in [-0.1, -0.05) is 0 Å². The van der Waals surface area contributed by atoms with Gasteiger partial charge in [0.05, 0.1) is 19.0 Å². The van der Waals surface area contributed by atoms with Gasteiger partial charge in [0.2, 0.25) is 0 Å². The second-order valence-corrected chi connectivity index (χ2v) is 3.53. The maximum Gasteiger partial charge on any atom is 0.135 e. The number of benzene rings is 1. The summed E-state index contributed by atoms with van der Waals surface area (Å²) < 4.78 is 11.2. The molecule has 0 heterocycles. The molecule has 0 radical (unpaired) electrons. The number of methoxy groups -OCH3 is 1. The Balaban J connectivity index is 0.00000169. The summed E-state index contributed by atoms with van der Waals surface area (Å²) in [6, 6.07) is 7.59. The molecule has 1 aromatic carbocycles. The van der Waals surface area contributed by atoms with Gasteiger partial charge in [0.1, 0.15) is 18.0 Å². The normalized spacial score (nSPS) is 9.07. The first-order chi connectivity index (χ1) is 6.27. The molecule has 0 aliphatic heterocycles. The molecule has 0 spiro atoms. The minimum atomic E-state index is 0. The molecule has 0 bridgehead atoms. The van der Waals surface area contributed by atoms with Crippen molar-refractivity contribution in [2.45, 2.75) is 0 Å². The molecule has 0 saturated carbocycles. The molecule has 6 heteroatoms. The van der Waals surface area contributed by atoms with Crippen molar-refractivity contribution in [3.63, 3.8) is 0 Å². The van der Waals surface area contributed by atoms with Gasteiger partial charge in [-0.25, -0.2) is 0 Å². The van der Waals surface area contributed by atoms with Crippen LogP contribution in [0.5, 0.6) is 5.75 Å². The van der Waals surface area contributed by atoms with Gasteiger partial charge >= 0.3 is 0 Å². The van der Waals surface area contributed by atoms with Crippen LogP contribution in [0.3, 0.4) is 0 Å². The van der Waals surface area contributed by atoms with Crippen molar-refractivity contribution in [2.75, 3.05) is 18.5 Å². The number of hydrogen-bond donors (Lipinski definition) is 0. The van der Waals surface area contributed by atoms with Crippen LogP contribution in [-0.2, 0) is 3.74 Å². The summed E-state index contributed by atoms with van der Waals surface area (Å²) in [6.45, 7) is 0. The Kier molecular flexibility index (Phi) is 7.00. The maximum atomic E-state index is 5.10. The lowest BCUT2D eigenvalue weighted by Crippen LogP contribution is -2.05. The second kappa shape index (κ2) is 7.11. The predicted molar refractivity (Wildman–Crippen MR) is 66.3 cm³/mol. The van der Waals surface area contributed by atoms with Gasteiger partial charge in [0, 0.05) is 12.7 Å².